The van der Waals surface area contributed by atoms with Crippen molar-refractivity contribution in [2.24, 2.45) is 17.8 Å². The molecular weight excluding hydrogens is 434 g/mol. The van der Waals surface area contributed by atoms with Gasteiger partial charge in [0.25, 0.3) is 0 Å². The van der Waals surface area contributed by atoms with Crippen LogP contribution in [0.15, 0.2) is 12.7 Å². The van der Waals surface area contributed by atoms with Crippen LogP contribution in [0, 0.1) is 17.8 Å². The number of hydrogen-bond donors (Lipinski definition) is 2. The summed E-state index contributed by atoms with van der Waals surface area (Å²) in [5.74, 6) is -4.97. The molecule has 0 spiro atoms. The summed E-state index contributed by atoms with van der Waals surface area (Å²) < 4.78 is 0.212. The fourth-order valence-electron chi connectivity index (χ4n) is 4.83. The first-order valence-electron chi connectivity index (χ1n) is 13.3. The zero-order valence-electron chi connectivity index (χ0n) is 21.8. The van der Waals surface area contributed by atoms with E-state index < -0.39 is 35.7 Å². The van der Waals surface area contributed by atoms with Crippen molar-refractivity contribution >= 4 is 17.9 Å². The van der Waals surface area contributed by atoms with Gasteiger partial charge in [-0.3, -0.25) is 9.59 Å². The fourth-order valence-corrected chi connectivity index (χ4v) is 4.83. The lowest BCUT2D eigenvalue weighted by Crippen LogP contribution is -2.59. The Bertz CT molecular complexity index is 546. The molecule has 3 atom stereocenters. The maximum absolute atomic E-state index is 11.9. The van der Waals surface area contributed by atoms with Gasteiger partial charge >= 0.3 is 11.9 Å². The van der Waals surface area contributed by atoms with E-state index in [4.69, 9.17) is 0 Å². The number of carboxylic acid groups (broad SMARTS) is 3. The van der Waals surface area contributed by atoms with Gasteiger partial charge in [0.15, 0.2) is 0 Å². The zero-order chi connectivity index (χ0) is 26.0. The van der Waals surface area contributed by atoms with Gasteiger partial charge in [-0.2, -0.15) is 0 Å². The minimum atomic E-state index is -1.15. The van der Waals surface area contributed by atoms with Gasteiger partial charge in [-0.05, 0) is 44.9 Å². The Kier molecular flexibility index (Phi) is 17.4. The molecule has 2 N–H and O–H groups in total. The Morgan fingerprint density at radius 2 is 1.12 bits per heavy atom. The predicted molar refractivity (Wildman–Crippen MR) is 133 cm³/mol. The second kappa shape index (κ2) is 18.4. The van der Waals surface area contributed by atoms with Crippen LogP contribution in [0.3, 0.4) is 0 Å². The number of rotatable bonds is 23. The first kappa shape index (κ1) is 32.1. The van der Waals surface area contributed by atoms with E-state index >= 15 is 0 Å². The van der Waals surface area contributed by atoms with Crippen LogP contribution in [0.5, 0.6) is 0 Å². The number of carbonyl (C=O) groups is 3. The van der Waals surface area contributed by atoms with Crippen molar-refractivity contribution in [3.8, 4) is 0 Å². The van der Waals surface area contributed by atoms with E-state index in [9.17, 15) is 29.7 Å². The zero-order valence-corrected chi connectivity index (χ0v) is 21.8. The number of aliphatic carboxylic acids is 3. The third-order valence-corrected chi connectivity index (χ3v) is 7.12. The number of carboxylic acids is 3. The first-order valence-corrected chi connectivity index (χ1v) is 13.3. The van der Waals surface area contributed by atoms with Crippen molar-refractivity contribution < 1.29 is 34.2 Å². The third-order valence-electron chi connectivity index (χ3n) is 7.12. The summed E-state index contributed by atoms with van der Waals surface area (Å²) >= 11 is 0. The van der Waals surface area contributed by atoms with Crippen LogP contribution in [-0.2, 0) is 14.4 Å². The number of nitrogens with zero attached hydrogens (tertiary/aromatic N) is 1. The van der Waals surface area contributed by atoms with E-state index in [2.05, 4.69) is 6.58 Å². The van der Waals surface area contributed by atoms with Gasteiger partial charge in [0, 0.05) is 5.92 Å². The largest absolute Gasteiger partial charge is 0.550 e. The highest BCUT2D eigenvalue weighted by molar-refractivity contribution is 5.70. The summed E-state index contributed by atoms with van der Waals surface area (Å²) in [4.78, 5) is 35.5. The van der Waals surface area contributed by atoms with Gasteiger partial charge < -0.3 is 24.6 Å². The molecule has 0 amide bonds. The number of carbonyl (C=O) groups excluding carboxylic acids is 1. The Morgan fingerprint density at radius 1 is 0.735 bits per heavy atom. The van der Waals surface area contributed by atoms with Gasteiger partial charge in [0.2, 0.25) is 0 Å². The summed E-state index contributed by atoms with van der Waals surface area (Å²) in [7, 11) is 0. The topological polar surface area (TPSA) is 115 Å². The van der Waals surface area contributed by atoms with Crippen molar-refractivity contribution in [1.82, 2.24) is 0 Å². The molecule has 0 heterocycles. The van der Waals surface area contributed by atoms with Gasteiger partial charge in [0.05, 0.1) is 32.1 Å². The Labute approximate surface area is 206 Å². The molecule has 0 aliphatic rings. The summed E-state index contributed by atoms with van der Waals surface area (Å²) in [6, 6.07) is 0. The van der Waals surface area contributed by atoms with Crippen LogP contribution in [-0.4, -0.2) is 58.8 Å². The standard InChI is InChI=1S/C27H49NO6/c1-5-9-10-11-12-13-14-15-16-17-18-28(19-22(6-2)25(29)30,20-23(7-3)26(31)32)21-24(8-4)27(33)34/h5,22-24H,1,6-21H2,2-4H3,(H2-,29,30,31,32,33,34). The lowest BCUT2D eigenvalue weighted by molar-refractivity contribution is -0.935. The maximum Gasteiger partial charge on any atom is 0.312 e. The predicted octanol–water partition coefficient (Wildman–Crippen LogP) is 4.50. The molecule has 7 heteroatoms. The molecule has 0 rings (SSSR count). The molecule has 34 heavy (non-hydrogen) atoms. The average Bonchev–Trinajstić information content (AvgIpc) is 2.79. The molecule has 0 aliphatic heterocycles. The number of allylic oxidation sites excluding steroid dienone is 1. The molecule has 0 aromatic heterocycles. The molecule has 0 fully saturated rings. The van der Waals surface area contributed by atoms with Gasteiger partial charge in [0.1, 0.15) is 11.8 Å². The number of quaternary nitrogens is 1. The smallest absolute Gasteiger partial charge is 0.312 e. The van der Waals surface area contributed by atoms with Crippen LogP contribution < -0.4 is 5.11 Å². The van der Waals surface area contributed by atoms with E-state index in [0.29, 0.717) is 25.8 Å². The molecule has 198 valence electrons. The summed E-state index contributed by atoms with van der Waals surface area (Å²) in [5, 5.41) is 31.2. The van der Waals surface area contributed by atoms with E-state index in [1.165, 1.54) is 25.7 Å². The first-order chi connectivity index (χ1) is 16.2. The Balaban J connectivity index is 5.40. The van der Waals surface area contributed by atoms with Crippen molar-refractivity contribution in [2.75, 3.05) is 26.2 Å². The van der Waals surface area contributed by atoms with Gasteiger partial charge in [-0.1, -0.05) is 59.0 Å². The van der Waals surface area contributed by atoms with Crippen molar-refractivity contribution in [3.63, 3.8) is 0 Å². The second-order valence-electron chi connectivity index (χ2n) is 9.83. The molecule has 0 aliphatic carbocycles. The molecule has 0 saturated carbocycles. The SMILES string of the molecule is C=CCCCCCCCCCC[N+](CC(CC)C(=O)[O-])(CC(CC)C(=O)O)CC(CC)C(=O)O. The van der Waals surface area contributed by atoms with Gasteiger partial charge in [-0.15, -0.1) is 6.58 Å². The van der Waals surface area contributed by atoms with Crippen LogP contribution in [0.1, 0.15) is 97.8 Å². The lowest BCUT2D eigenvalue weighted by atomic mass is 9.95. The summed E-state index contributed by atoms with van der Waals surface area (Å²) in [6.07, 6.45) is 13.1. The maximum atomic E-state index is 11.9. The van der Waals surface area contributed by atoms with Crippen LogP contribution in [0.2, 0.25) is 0 Å². The quantitative estimate of drug-likeness (QED) is 0.126. The highest BCUT2D eigenvalue weighted by Gasteiger charge is 2.39. The van der Waals surface area contributed by atoms with Crippen LogP contribution >= 0.6 is 0 Å². The van der Waals surface area contributed by atoms with Crippen LogP contribution in [0.4, 0.5) is 0 Å². The summed E-state index contributed by atoms with van der Waals surface area (Å²) in [6.45, 7) is 10.5. The molecular formula is C27H49NO6. The van der Waals surface area contributed by atoms with E-state index in [1.54, 1.807) is 6.92 Å². The molecule has 3 unspecified atom stereocenters. The third kappa shape index (κ3) is 13.1. The van der Waals surface area contributed by atoms with E-state index in [0.717, 1.165) is 32.1 Å². The highest BCUT2D eigenvalue weighted by Crippen LogP contribution is 2.25. The molecule has 0 aromatic rings. The van der Waals surface area contributed by atoms with Crippen molar-refractivity contribution in [3.05, 3.63) is 12.7 Å². The van der Waals surface area contributed by atoms with Crippen LogP contribution in [0.25, 0.3) is 0 Å². The second-order valence-corrected chi connectivity index (χ2v) is 9.83. The summed E-state index contributed by atoms with van der Waals surface area (Å²) in [5.41, 5.74) is 0. The molecule has 7 nitrogen and oxygen atoms in total. The molecule has 0 saturated heterocycles. The normalized spacial score (nSPS) is 15.7. The Morgan fingerprint density at radius 3 is 1.47 bits per heavy atom. The molecule has 0 radical (unpaired) electrons. The molecule has 0 aromatic carbocycles. The minimum Gasteiger partial charge on any atom is -0.550 e. The number of unbranched alkanes of at least 4 members (excludes halogenated alkanes) is 8. The highest BCUT2D eigenvalue weighted by atomic mass is 16.4. The lowest BCUT2D eigenvalue weighted by Gasteiger charge is -2.44. The van der Waals surface area contributed by atoms with E-state index in [1.807, 2.05) is 19.9 Å². The van der Waals surface area contributed by atoms with Crippen molar-refractivity contribution in [2.45, 2.75) is 97.8 Å². The minimum absolute atomic E-state index is 0.212. The average molecular weight is 484 g/mol. The molecule has 0 bridgehead atoms. The van der Waals surface area contributed by atoms with E-state index in [-0.39, 0.29) is 24.1 Å². The monoisotopic (exact) mass is 483 g/mol. The van der Waals surface area contributed by atoms with Gasteiger partial charge in [-0.25, -0.2) is 0 Å². The number of hydrogen-bond acceptors (Lipinski definition) is 4. The Hall–Kier alpha value is -1.89. The fraction of sp³-hybridized carbons (Fsp3) is 0.815. The van der Waals surface area contributed by atoms with Crippen molar-refractivity contribution in [1.29, 1.82) is 0 Å².